The Bertz CT molecular complexity index is 958. The number of hydrogen-bond acceptors (Lipinski definition) is 5. The van der Waals surface area contributed by atoms with Gasteiger partial charge in [0.2, 0.25) is 5.78 Å². The van der Waals surface area contributed by atoms with E-state index in [0.717, 1.165) is 6.07 Å². The molecule has 0 amide bonds. The van der Waals surface area contributed by atoms with Gasteiger partial charge in [0.25, 0.3) is 15.7 Å². The minimum Gasteiger partial charge on any atom is -0.288 e. The van der Waals surface area contributed by atoms with Gasteiger partial charge in [-0.2, -0.15) is 12.8 Å². The molecule has 1 aromatic rings. The predicted octanol–water partition coefficient (Wildman–Crippen LogP) is 3.40. The Kier molecular flexibility index (Phi) is 5.24. The standard InChI is InChI=1S/C16H15ClN2O5S/c1-9(2)13-8-14(10(3)15(17)16(13)20)18-25(23,24)12-6-4-5-11(7-12)19(21)22/h4-9H,1-3H3/b18-14+. The number of allylic oxidation sites excluding steroid dienone is 4. The molecule has 9 heteroatoms. The number of ketones is 1. The van der Waals surface area contributed by atoms with Gasteiger partial charge in [0.1, 0.15) is 0 Å². The van der Waals surface area contributed by atoms with Crippen LogP contribution in [0.3, 0.4) is 0 Å². The van der Waals surface area contributed by atoms with Gasteiger partial charge >= 0.3 is 0 Å². The summed E-state index contributed by atoms with van der Waals surface area (Å²) in [5, 5.41) is 10.7. The molecule has 0 radical (unpaired) electrons. The van der Waals surface area contributed by atoms with Crippen LogP contribution < -0.4 is 0 Å². The number of nitro groups is 1. The highest BCUT2D eigenvalue weighted by Gasteiger charge is 2.27. The van der Waals surface area contributed by atoms with Crippen molar-refractivity contribution in [1.82, 2.24) is 0 Å². The molecular formula is C16H15ClN2O5S. The van der Waals surface area contributed by atoms with E-state index in [0.29, 0.717) is 5.57 Å². The van der Waals surface area contributed by atoms with E-state index in [1.165, 1.54) is 31.2 Å². The van der Waals surface area contributed by atoms with Gasteiger partial charge in [0.15, 0.2) is 0 Å². The number of non-ortho nitro benzene ring substituents is 1. The number of carbonyl (C=O) groups is 1. The topological polar surface area (TPSA) is 107 Å². The molecule has 0 aliphatic heterocycles. The first-order valence-electron chi connectivity index (χ1n) is 7.27. The lowest BCUT2D eigenvalue weighted by atomic mass is 9.90. The van der Waals surface area contributed by atoms with Crippen LogP contribution in [-0.2, 0) is 14.8 Å². The first-order chi connectivity index (χ1) is 11.5. The van der Waals surface area contributed by atoms with E-state index in [1.807, 2.05) is 0 Å². The second kappa shape index (κ2) is 6.89. The monoisotopic (exact) mass is 382 g/mol. The van der Waals surface area contributed by atoms with Gasteiger partial charge in [0.05, 0.1) is 20.6 Å². The van der Waals surface area contributed by atoms with E-state index in [4.69, 9.17) is 11.6 Å². The van der Waals surface area contributed by atoms with Crippen molar-refractivity contribution in [2.24, 2.45) is 10.3 Å². The fourth-order valence-corrected chi connectivity index (χ4v) is 3.47. The quantitative estimate of drug-likeness (QED) is 0.450. The van der Waals surface area contributed by atoms with Gasteiger partial charge in [-0.3, -0.25) is 14.9 Å². The molecule has 25 heavy (non-hydrogen) atoms. The lowest BCUT2D eigenvalue weighted by Crippen LogP contribution is -2.19. The summed E-state index contributed by atoms with van der Waals surface area (Å²) >= 11 is 6.02. The van der Waals surface area contributed by atoms with Crippen molar-refractivity contribution in [3.8, 4) is 0 Å². The Hall–Kier alpha value is -2.32. The fourth-order valence-electron chi connectivity index (χ4n) is 2.19. The molecule has 0 atom stereocenters. The highest BCUT2D eigenvalue weighted by Crippen LogP contribution is 2.28. The minimum atomic E-state index is -4.20. The summed E-state index contributed by atoms with van der Waals surface area (Å²) in [6.07, 6.45) is 1.39. The van der Waals surface area contributed by atoms with E-state index in [2.05, 4.69) is 4.40 Å². The number of sulfonamides is 1. The molecule has 0 saturated carbocycles. The zero-order valence-corrected chi connectivity index (χ0v) is 15.3. The molecule has 0 bridgehead atoms. The molecule has 2 rings (SSSR count). The average Bonchev–Trinajstić information content (AvgIpc) is 2.55. The molecule has 0 heterocycles. The molecule has 0 spiro atoms. The maximum absolute atomic E-state index is 12.5. The van der Waals surface area contributed by atoms with Crippen LogP contribution in [0.5, 0.6) is 0 Å². The van der Waals surface area contributed by atoms with Gasteiger partial charge < -0.3 is 0 Å². The van der Waals surface area contributed by atoms with E-state index >= 15 is 0 Å². The lowest BCUT2D eigenvalue weighted by Gasteiger charge is -2.17. The number of carbonyl (C=O) groups excluding carboxylic acids is 1. The highest BCUT2D eigenvalue weighted by atomic mass is 35.5. The largest absolute Gasteiger partial charge is 0.288 e. The Labute approximate surface area is 149 Å². The number of nitrogens with zero attached hydrogens (tertiary/aromatic N) is 2. The van der Waals surface area contributed by atoms with Crippen molar-refractivity contribution in [3.05, 3.63) is 56.6 Å². The number of benzene rings is 1. The molecule has 1 aliphatic carbocycles. The van der Waals surface area contributed by atoms with E-state index in [1.54, 1.807) is 13.8 Å². The van der Waals surface area contributed by atoms with Crippen LogP contribution in [0.2, 0.25) is 0 Å². The van der Waals surface area contributed by atoms with Crippen LogP contribution in [0.15, 0.2) is 55.8 Å². The summed E-state index contributed by atoms with van der Waals surface area (Å²) < 4.78 is 28.7. The summed E-state index contributed by atoms with van der Waals surface area (Å²) in [6, 6.07) is 4.60. The molecule has 0 unspecified atom stereocenters. The maximum Gasteiger partial charge on any atom is 0.283 e. The first kappa shape index (κ1) is 19.0. The van der Waals surface area contributed by atoms with Crippen LogP contribution in [-0.4, -0.2) is 24.8 Å². The fraction of sp³-hybridized carbons (Fsp3) is 0.250. The summed E-state index contributed by atoms with van der Waals surface area (Å²) in [5.74, 6) is -0.527. The minimum absolute atomic E-state index is 0.0415. The van der Waals surface area contributed by atoms with Gasteiger partial charge in [-0.05, 0) is 30.6 Å². The molecule has 0 aromatic heterocycles. The van der Waals surface area contributed by atoms with Gasteiger partial charge in [-0.1, -0.05) is 31.5 Å². The number of Topliss-reactive ketones (excluding diaryl/α,β-unsaturated/α-hetero) is 1. The smallest absolute Gasteiger partial charge is 0.283 e. The third-order valence-corrected chi connectivity index (χ3v) is 5.38. The average molecular weight is 383 g/mol. The van der Waals surface area contributed by atoms with Crippen LogP contribution >= 0.6 is 11.6 Å². The number of nitro benzene ring substituents is 1. The third-order valence-electron chi connectivity index (χ3n) is 3.63. The normalized spacial score (nSPS) is 17.2. The first-order valence-corrected chi connectivity index (χ1v) is 9.09. The van der Waals surface area contributed by atoms with E-state index < -0.39 is 14.9 Å². The highest BCUT2D eigenvalue weighted by molar-refractivity contribution is 7.90. The summed E-state index contributed by atoms with van der Waals surface area (Å²) in [7, 11) is -4.20. The zero-order chi connectivity index (χ0) is 18.9. The van der Waals surface area contributed by atoms with E-state index in [-0.39, 0.29) is 38.6 Å². The van der Waals surface area contributed by atoms with Crippen LogP contribution in [0, 0.1) is 16.0 Å². The molecule has 1 aliphatic rings. The van der Waals surface area contributed by atoms with Crippen molar-refractivity contribution in [1.29, 1.82) is 0 Å². The van der Waals surface area contributed by atoms with Crippen LogP contribution in [0.1, 0.15) is 20.8 Å². The van der Waals surface area contributed by atoms with Crippen molar-refractivity contribution >= 4 is 38.8 Å². The lowest BCUT2D eigenvalue weighted by molar-refractivity contribution is -0.385. The number of hydrogen-bond donors (Lipinski definition) is 0. The van der Waals surface area contributed by atoms with Gasteiger partial charge in [-0.25, -0.2) is 0 Å². The molecule has 1 aromatic carbocycles. The predicted molar refractivity (Wildman–Crippen MR) is 94.2 cm³/mol. The summed E-state index contributed by atoms with van der Waals surface area (Å²) in [6.45, 7) is 5.05. The van der Waals surface area contributed by atoms with Crippen molar-refractivity contribution in [2.75, 3.05) is 0 Å². The van der Waals surface area contributed by atoms with Gasteiger partial charge in [0, 0.05) is 17.7 Å². The van der Waals surface area contributed by atoms with Gasteiger partial charge in [-0.15, -0.1) is 0 Å². The van der Waals surface area contributed by atoms with Crippen LogP contribution in [0.25, 0.3) is 0 Å². The summed E-state index contributed by atoms with van der Waals surface area (Å²) in [5.41, 5.74) is 0.275. The molecule has 0 saturated heterocycles. The van der Waals surface area contributed by atoms with Crippen molar-refractivity contribution in [2.45, 2.75) is 25.7 Å². The third kappa shape index (κ3) is 3.85. The van der Waals surface area contributed by atoms with Crippen LogP contribution in [0.4, 0.5) is 5.69 Å². The Morgan fingerprint density at radius 1 is 1.28 bits per heavy atom. The van der Waals surface area contributed by atoms with E-state index in [9.17, 15) is 23.3 Å². The van der Waals surface area contributed by atoms with Crippen molar-refractivity contribution in [3.63, 3.8) is 0 Å². The second-order valence-corrected chi connectivity index (χ2v) is 7.71. The Balaban J connectivity index is 2.59. The molecule has 0 fully saturated rings. The molecule has 7 nitrogen and oxygen atoms in total. The number of halogens is 1. The van der Waals surface area contributed by atoms with Crippen molar-refractivity contribution < 1.29 is 18.1 Å². The maximum atomic E-state index is 12.5. The Morgan fingerprint density at radius 2 is 1.92 bits per heavy atom. The SMILES string of the molecule is CC1=C(Cl)C(=O)C(C(C)C)=C/C1=N\S(=O)(=O)c1cccc([N+](=O)[O-])c1. The Morgan fingerprint density at radius 3 is 2.48 bits per heavy atom. The molecule has 132 valence electrons. The summed E-state index contributed by atoms with van der Waals surface area (Å²) in [4.78, 5) is 22.0. The molecule has 0 N–H and O–H groups in total. The molecular weight excluding hydrogens is 368 g/mol. The number of rotatable bonds is 4. The zero-order valence-electron chi connectivity index (χ0n) is 13.7. The second-order valence-electron chi connectivity index (χ2n) is 5.73.